The zero-order chi connectivity index (χ0) is 23.0. The molecule has 5 rings (SSSR count). The standard InChI is InChI=1S/C26H22N4O3/c1-26(18-12-14-19(33-2)15-13-18)24(31)30(25(32)29-26)27-16-21-20-10-6-7-11-22(20)28-23(21)17-8-4-3-5-9-17/h3-16,28H,1-2H3,(H,29,32)/b27-16+. The molecule has 1 unspecified atom stereocenters. The molecule has 0 bridgehead atoms. The summed E-state index contributed by atoms with van der Waals surface area (Å²) in [4.78, 5) is 29.4. The number of benzene rings is 3. The van der Waals surface area contributed by atoms with E-state index in [-0.39, 0.29) is 0 Å². The number of carbonyl (C=O) groups is 2. The molecule has 0 saturated carbocycles. The van der Waals surface area contributed by atoms with Gasteiger partial charge in [0.05, 0.1) is 19.0 Å². The molecule has 3 amide bonds. The number of amides is 3. The largest absolute Gasteiger partial charge is 0.497 e. The van der Waals surface area contributed by atoms with Gasteiger partial charge in [0.1, 0.15) is 11.3 Å². The zero-order valence-corrected chi connectivity index (χ0v) is 18.2. The van der Waals surface area contributed by atoms with Gasteiger partial charge in [-0.3, -0.25) is 4.79 Å². The number of aromatic nitrogens is 1. The van der Waals surface area contributed by atoms with E-state index in [1.807, 2.05) is 54.6 Å². The molecule has 1 atom stereocenters. The molecule has 2 N–H and O–H groups in total. The lowest BCUT2D eigenvalue weighted by Crippen LogP contribution is -2.40. The summed E-state index contributed by atoms with van der Waals surface area (Å²) < 4.78 is 5.19. The second-order valence-corrected chi connectivity index (χ2v) is 7.97. The van der Waals surface area contributed by atoms with Crippen LogP contribution < -0.4 is 10.1 Å². The number of nitrogens with zero attached hydrogens (tertiary/aromatic N) is 2. The van der Waals surface area contributed by atoms with E-state index in [1.165, 1.54) is 0 Å². The molecule has 4 aromatic rings. The SMILES string of the molecule is COc1ccc(C2(C)NC(=O)N(/N=C/c3c(-c4ccccc4)[nH]c4ccccc34)C2=O)cc1. The van der Waals surface area contributed by atoms with Crippen LogP contribution in [-0.2, 0) is 10.3 Å². The van der Waals surface area contributed by atoms with Gasteiger partial charge in [-0.25, -0.2) is 4.79 Å². The molecule has 1 saturated heterocycles. The predicted molar refractivity (Wildman–Crippen MR) is 127 cm³/mol. The Bertz CT molecular complexity index is 1380. The van der Waals surface area contributed by atoms with Crippen molar-refractivity contribution in [2.45, 2.75) is 12.5 Å². The highest BCUT2D eigenvalue weighted by atomic mass is 16.5. The summed E-state index contributed by atoms with van der Waals surface area (Å²) in [5.74, 6) is 0.219. The number of H-pyrrole nitrogens is 1. The monoisotopic (exact) mass is 438 g/mol. The van der Waals surface area contributed by atoms with Crippen LogP contribution in [0.4, 0.5) is 4.79 Å². The normalized spacial score (nSPS) is 18.3. The Kier molecular flexibility index (Phi) is 4.94. The van der Waals surface area contributed by atoms with Crippen LogP contribution >= 0.6 is 0 Å². The van der Waals surface area contributed by atoms with Gasteiger partial charge < -0.3 is 15.0 Å². The number of ether oxygens (including phenoxy) is 1. The number of nitrogens with one attached hydrogen (secondary N) is 2. The minimum absolute atomic E-state index is 0.449. The Balaban J connectivity index is 1.52. The fourth-order valence-corrected chi connectivity index (χ4v) is 4.09. The number of para-hydroxylation sites is 1. The number of urea groups is 1. The van der Waals surface area contributed by atoms with E-state index in [9.17, 15) is 9.59 Å². The number of rotatable bonds is 5. The smallest absolute Gasteiger partial charge is 0.346 e. The summed E-state index contributed by atoms with van der Waals surface area (Å²) in [6.45, 7) is 1.67. The van der Waals surface area contributed by atoms with Crippen molar-refractivity contribution in [2.24, 2.45) is 5.10 Å². The topological polar surface area (TPSA) is 86.8 Å². The molecule has 7 heteroatoms. The Morgan fingerprint density at radius 3 is 2.36 bits per heavy atom. The number of methoxy groups -OCH3 is 1. The van der Waals surface area contributed by atoms with Gasteiger partial charge in [0.2, 0.25) is 0 Å². The molecule has 1 aliphatic rings. The third kappa shape index (κ3) is 3.43. The van der Waals surface area contributed by atoms with Crippen LogP contribution in [0.15, 0.2) is 84.0 Å². The van der Waals surface area contributed by atoms with Crippen molar-refractivity contribution >= 4 is 29.1 Å². The van der Waals surface area contributed by atoms with E-state index in [2.05, 4.69) is 15.4 Å². The van der Waals surface area contributed by atoms with E-state index in [0.29, 0.717) is 11.3 Å². The first kappa shape index (κ1) is 20.5. The molecule has 164 valence electrons. The predicted octanol–water partition coefficient (Wildman–Crippen LogP) is 4.64. The minimum Gasteiger partial charge on any atom is -0.497 e. The van der Waals surface area contributed by atoms with E-state index in [1.54, 1.807) is 44.5 Å². The van der Waals surface area contributed by atoms with Gasteiger partial charge in [-0.05, 0) is 36.2 Å². The third-order valence-corrected chi connectivity index (χ3v) is 5.95. The second-order valence-electron chi connectivity index (χ2n) is 7.97. The van der Waals surface area contributed by atoms with Gasteiger partial charge in [-0.1, -0.05) is 60.7 Å². The lowest BCUT2D eigenvalue weighted by Gasteiger charge is -2.21. The fraction of sp³-hybridized carbons (Fsp3) is 0.115. The first-order valence-electron chi connectivity index (χ1n) is 10.5. The minimum atomic E-state index is -1.22. The van der Waals surface area contributed by atoms with Crippen molar-refractivity contribution < 1.29 is 14.3 Å². The van der Waals surface area contributed by atoms with Gasteiger partial charge in [-0.15, -0.1) is 5.01 Å². The third-order valence-electron chi connectivity index (χ3n) is 5.95. The average molecular weight is 438 g/mol. The molecular weight excluding hydrogens is 416 g/mol. The van der Waals surface area contributed by atoms with Crippen molar-refractivity contribution in [1.82, 2.24) is 15.3 Å². The molecule has 7 nitrogen and oxygen atoms in total. The van der Waals surface area contributed by atoms with Crippen LogP contribution in [0.5, 0.6) is 5.75 Å². The molecular formula is C26H22N4O3. The van der Waals surface area contributed by atoms with Crippen molar-refractivity contribution in [1.29, 1.82) is 0 Å². The van der Waals surface area contributed by atoms with Crippen LogP contribution in [-0.4, -0.2) is 35.3 Å². The number of carbonyl (C=O) groups excluding carboxylic acids is 2. The number of hydrazone groups is 1. The van der Waals surface area contributed by atoms with Gasteiger partial charge in [0.15, 0.2) is 0 Å². The second kappa shape index (κ2) is 7.94. The van der Waals surface area contributed by atoms with Crippen LogP contribution in [0.2, 0.25) is 0 Å². The van der Waals surface area contributed by atoms with Gasteiger partial charge in [0, 0.05) is 16.5 Å². The van der Waals surface area contributed by atoms with Gasteiger partial charge in [0.25, 0.3) is 5.91 Å². The number of fused-ring (bicyclic) bond motifs is 1. The quantitative estimate of drug-likeness (QED) is 0.351. The Hall–Kier alpha value is -4.39. The zero-order valence-electron chi connectivity index (χ0n) is 18.2. The lowest BCUT2D eigenvalue weighted by atomic mass is 9.92. The number of imide groups is 1. The Morgan fingerprint density at radius 2 is 1.64 bits per heavy atom. The lowest BCUT2D eigenvalue weighted by molar-refractivity contribution is -0.131. The number of aromatic amines is 1. The van der Waals surface area contributed by atoms with Crippen molar-refractivity contribution in [3.8, 4) is 17.0 Å². The molecule has 0 radical (unpaired) electrons. The average Bonchev–Trinajstić information content (AvgIpc) is 3.33. The fourth-order valence-electron chi connectivity index (χ4n) is 4.09. The number of hydrogen-bond donors (Lipinski definition) is 2. The summed E-state index contributed by atoms with van der Waals surface area (Å²) in [5.41, 5.74) is 3.02. The highest BCUT2D eigenvalue weighted by Crippen LogP contribution is 2.32. The highest BCUT2D eigenvalue weighted by Gasteiger charge is 2.49. The molecule has 0 spiro atoms. The van der Waals surface area contributed by atoms with E-state index >= 15 is 0 Å². The van der Waals surface area contributed by atoms with Crippen molar-refractivity contribution in [3.63, 3.8) is 0 Å². The van der Waals surface area contributed by atoms with Crippen molar-refractivity contribution in [2.75, 3.05) is 7.11 Å². The van der Waals surface area contributed by atoms with Crippen LogP contribution in [0.25, 0.3) is 22.2 Å². The molecule has 0 aliphatic carbocycles. The van der Waals surface area contributed by atoms with Crippen molar-refractivity contribution in [3.05, 3.63) is 90.0 Å². The maximum atomic E-state index is 13.3. The molecule has 2 heterocycles. The first-order valence-corrected chi connectivity index (χ1v) is 10.5. The summed E-state index contributed by atoms with van der Waals surface area (Å²) in [6.07, 6.45) is 1.57. The van der Waals surface area contributed by atoms with Crippen LogP contribution in [0, 0.1) is 0 Å². The Labute approximate surface area is 190 Å². The van der Waals surface area contributed by atoms with E-state index in [4.69, 9.17) is 4.74 Å². The number of hydrogen-bond acceptors (Lipinski definition) is 4. The summed E-state index contributed by atoms with van der Waals surface area (Å²) in [6, 6.07) is 24.2. The molecule has 33 heavy (non-hydrogen) atoms. The van der Waals surface area contributed by atoms with Gasteiger partial charge in [-0.2, -0.15) is 5.10 Å². The van der Waals surface area contributed by atoms with E-state index in [0.717, 1.165) is 32.7 Å². The summed E-state index contributed by atoms with van der Waals surface area (Å²) in [5, 5.41) is 8.93. The summed E-state index contributed by atoms with van der Waals surface area (Å²) >= 11 is 0. The maximum absolute atomic E-state index is 13.3. The molecule has 3 aromatic carbocycles. The maximum Gasteiger partial charge on any atom is 0.346 e. The Morgan fingerprint density at radius 1 is 0.939 bits per heavy atom. The van der Waals surface area contributed by atoms with Crippen LogP contribution in [0.1, 0.15) is 18.1 Å². The molecule has 1 aromatic heterocycles. The molecule has 1 fully saturated rings. The van der Waals surface area contributed by atoms with Crippen LogP contribution in [0.3, 0.4) is 0 Å². The van der Waals surface area contributed by atoms with Gasteiger partial charge >= 0.3 is 6.03 Å². The molecule has 1 aliphatic heterocycles. The highest BCUT2D eigenvalue weighted by molar-refractivity contribution is 6.10. The summed E-state index contributed by atoms with van der Waals surface area (Å²) in [7, 11) is 1.57. The first-order chi connectivity index (χ1) is 16.0. The van der Waals surface area contributed by atoms with E-state index < -0.39 is 17.5 Å².